The SMILES string of the molecule is Cc1ccc(CC2(CCC(=O)NC3CCCN(Cc4ccccc4)C3)CCC(=O)N2)cc1. The van der Waals surface area contributed by atoms with E-state index in [-0.39, 0.29) is 23.4 Å². The summed E-state index contributed by atoms with van der Waals surface area (Å²) in [5.74, 6) is 0.197. The van der Waals surface area contributed by atoms with Gasteiger partial charge in [0.1, 0.15) is 0 Å². The third-order valence-electron chi connectivity index (χ3n) is 6.85. The molecule has 2 atom stereocenters. The maximum Gasteiger partial charge on any atom is 0.220 e. The van der Waals surface area contributed by atoms with Gasteiger partial charge in [-0.05, 0) is 56.7 Å². The Bertz CT molecular complexity index is 912. The zero-order chi connectivity index (χ0) is 22.4. The van der Waals surface area contributed by atoms with Crippen LogP contribution in [0.3, 0.4) is 0 Å². The van der Waals surface area contributed by atoms with Crippen molar-refractivity contribution in [1.29, 1.82) is 0 Å². The van der Waals surface area contributed by atoms with E-state index in [9.17, 15) is 9.59 Å². The summed E-state index contributed by atoms with van der Waals surface area (Å²) in [7, 11) is 0. The Hall–Kier alpha value is -2.66. The molecular formula is C27H35N3O2. The smallest absolute Gasteiger partial charge is 0.220 e. The molecule has 2 amide bonds. The van der Waals surface area contributed by atoms with Crippen LogP contribution in [-0.2, 0) is 22.6 Å². The lowest BCUT2D eigenvalue weighted by Crippen LogP contribution is -2.48. The van der Waals surface area contributed by atoms with Gasteiger partial charge in [-0.25, -0.2) is 0 Å². The van der Waals surface area contributed by atoms with E-state index in [0.717, 1.165) is 45.3 Å². The second-order valence-electron chi connectivity index (χ2n) is 9.62. The highest BCUT2D eigenvalue weighted by molar-refractivity contribution is 5.80. The Kier molecular flexibility index (Phi) is 7.26. The van der Waals surface area contributed by atoms with E-state index in [1.165, 1.54) is 16.7 Å². The van der Waals surface area contributed by atoms with Gasteiger partial charge >= 0.3 is 0 Å². The van der Waals surface area contributed by atoms with Gasteiger partial charge in [-0.15, -0.1) is 0 Å². The van der Waals surface area contributed by atoms with Crippen molar-refractivity contribution in [1.82, 2.24) is 15.5 Å². The molecule has 0 saturated carbocycles. The molecule has 32 heavy (non-hydrogen) atoms. The van der Waals surface area contributed by atoms with Gasteiger partial charge in [-0.3, -0.25) is 14.5 Å². The Morgan fingerprint density at radius 1 is 1.12 bits per heavy atom. The van der Waals surface area contributed by atoms with Crippen molar-refractivity contribution in [2.75, 3.05) is 13.1 Å². The molecular weight excluding hydrogens is 398 g/mol. The second kappa shape index (κ2) is 10.3. The van der Waals surface area contributed by atoms with Crippen molar-refractivity contribution in [2.45, 2.75) is 70.0 Å². The number of nitrogens with one attached hydrogen (secondary N) is 2. The van der Waals surface area contributed by atoms with Crippen molar-refractivity contribution in [3.63, 3.8) is 0 Å². The first kappa shape index (κ1) is 22.5. The van der Waals surface area contributed by atoms with Crippen LogP contribution < -0.4 is 10.6 Å². The summed E-state index contributed by atoms with van der Waals surface area (Å²) in [6.45, 7) is 4.98. The third kappa shape index (κ3) is 6.19. The molecule has 2 N–H and O–H groups in total. The molecule has 0 bridgehead atoms. The lowest BCUT2D eigenvalue weighted by Gasteiger charge is -2.34. The summed E-state index contributed by atoms with van der Waals surface area (Å²) in [5.41, 5.74) is 3.44. The van der Waals surface area contributed by atoms with E-state index in [1.807, 2.05) is 6.07 Å². The molecule has 0 aromatic heterocycles. The first-order valence-electron chi connectivity index (χ1n) is 11.9. The van der Waals surface area contributed by atoms with Crippen LogP contribution in [0.2, 0.25) is 0 Å². The largest absolute Gasteiger partial charge is 0.352 e. The molecule has 0 aliphatic carbocycles. The number of likely N-dealkylation sites (tertiary alicyclic amines) is 1. The van der Waals surface area contributed by atoms with Crippen LogP contribution in [0.4, 0.5) is 0 Å². The van der Waals surface area contributed by atoms with E-state index in [0.29, 0.717) is 19.3 Å². The lowest BCUT2D eigenvalue weighted by atomic mass is 9.84. The molecule has 0 radical (unpaired) electrons. The predicted molar refractivity (Wildman–Crippen MR) is 127 cm³/mol. The summed E-state index contributed by atoms with van der Waals surface area (Å²) in [4.78, 5) is 27.3. The molecule has 2 heterocycles. The fourth-order valence-corrected chi connectivity index (χ4v) is 5.09. The number of piperidine rings is 1. The van der Waals surface area contributed by atoms with E-state index in [4.69, 9.17) is 0 Å². The van der Waals surface area contributed by atoms with Gasteiger partial charge in [0.05, 0.1) is 0 Å². The molecule has 2 aromatic rings. The van der Waals surface area contributed by atoms with E-state index in [1.54, 1.807) is 0 Å². The second-order valence-corrected chi connectivity index (χ2v) is 9.62. The number of hydrogen-bond acceptors (Lipinski definition) is 3. The van der Waals surface area contributed by atoms with Crippen LogP contribution >= 0.6 is 0 Å². The van der Waals surface area contributed by atoms with Crippen molar-refractivity contribution < 1.29 is 9.59 Å². The van der Waals surface area contributed by atoms with Crippen molar-refractivity contribution in [3.05, 3.63) is 71.3 Å². The lowest BCUT2D eigenvalue weighted by molar-refractivity contribution is -0.123. The minimum Gasteiger partial charge on any atom is -0.352 e. The van der Waals surface area contributed by atoms with Crippen molar-refractivity contribution in [2.24, 2.45) is 0 Å². The Labute approximate surface area is 191 Å². The summed E-state index contributed by atoms with van der Waals surface area (Å²) < 4.78 is 0. The van der Waals surface area contributed by atoms with Crippen molar-refractivity contribution in [3.8, 4) is 0 Å². The topological polar surface area (TPSA) is 61.4 Å². The minimum absolute atomic E-state index is 0.0981. The maximum atomic E-state index is 12.8. The highest BCUT2D eigenvalue weighted by Gasteiger charge is 2.38. The molecule has 4 rings (SSSR count). The zero-order valence-electron chi connectivity index (χ0n) is 19.1. The molecule has 0 spiro atoms. The number of carbonyl (C=O) groups excluding carboxylic acids is 2. The molecule has 2 unspecified atom stereocenters. The fourth-order valence-electron chi connectivity index (χ4n) is 5.09. The number of nitrogens with zero attached hydrogens (tertiary/aromatic N) is 1. The van der Waals surface area contributed by atoms with Gasteiger partial charge in [0, 0.05) is 37.5 Å². The van der Waals surface area contributed by atoms with Gasteiger partial charge in [-0.2, -0.15) is 0 Å². The monoisotopic (exact) mass is 433 g/mol. The number of rotatable bonds is 8. The standard InChI is InChI=1S/C27H35N3O2/c1-21-9-11-22(12-10-21)18-27(16-14-26(32)29-27)15-13-25(31)28-24-8-5-17-30(20-24)19-23-6-3-2-4-7-23/h2-4,6-7,9-12,24H,5,8,13-20H2,1H3,(H,28,31)(H,29,32). The van der Waals surface area contributed by atoms with Crippen LogP contribution in [0.1, 0.15) is 55.2 Å². The Morgan fingerprint density at radius 2 is 1.91 bits per heavy atom. The molecule has 2 saturated heterocycles. The molecule has 2 aliphatic rings. The van der Waals surface area contributed by atoms with Crippen LogP contribution in [-0.4, -0.2) is 41.4 Å². The highest BCUT2D eigenvalue weighted by atomic mass is 16.2. The predicted octanol–water partition coefficient (Wildman–Crippen LogP) is 3.75. The van der Waals surface area contributed by atoms with Gasteiger partial charge < -0.3 is 10.6 Å². The molecule has 2 aliphatic heterocycles. The molecule has 2 fully saturated rings. The van der Waals surface area contributed by atoms with Gasteiger partial charge in [0.25, 0.3) is 0 Å². The zero-order valence-corrected chi connectivity index (χ0v) is 19.1. The summed E-state index contributed by atoms with van der Waals surface area (Å²) in [5, 5.41) is 6.46. The molecule has 2 aromatic carbocycles. The number of hydrogen-bond donors (Lipinski definition) is 2. The Balaban J connectivity index is 1.29. The third-order valence-corrected chi connectivity index (χ3v) is 6.85. The van der Waals surface area contributed by atoms with E-state index < -0.39 is 0 Å². The first-order valence-corrected chi connectivity index (χ1v) is 11.9. The van der Waals surface area contributed by atoms with Crippen LogP contribution in [0.25, 0.3) is 0 Å². The first-order chi connectivity index (χ1) is 15.5. The highest BCUT2D eigenvalue weighted by Crippen LogP contribution is 2.29. The van der Waals surface area contributed by atoms with Gasteiger partial charge in [0.2, 0.25) is 11.8 Å². The summed E-state index contributed by atoms with van der Waals surface area (Å²) in [6.07, 6.45) is 5.38. The Morgan fingerprint density at radius 3 is 2.62 bits per heavy atom. The van der Waals surface area contributed by atoms with Crippen LogP contribution in [0, 0.1) is 6.92 Å². The number of carbonyl (C=O) groups is 2. The van der Waals surface area contributed by atoms with Crippen LogP contribution in [0.15, 0.2) is 54.6 Å². The average molecular weight is 434 g/mol. The minimum atomic E-state index is -0.310. The van der Waals surface area contributed by atoms with Gasteiger partial charge in [0.15, 0.2) is 0 Å². The van der Waals surface area contributed by atoms with Crippen molar-refractivity contribution >= 4 is 11.8 Å². The molecule has 5 nitrogen and oxygen atoms in total. The average Bonchev–Trinajstić information content (AvgIpc) is 3.15. The quantitative estimate of drug-likeness (QED) is 0.667. The number of benzene rings is 2. The fraction of sp³-hybridized carbons (Fsp3) is 0.481. The van der Waals surface area contributed by atoms with E-state index >= 15 is 0 Å². The summed E-state index contributed by atoms with van der Waals surface area (Å²) in [6, 6.07) is 19.2. The van der Waals surface area contributed by atoms with Gasteiger partial charge in [-0.1, -0.05) is 60.2 Å². The normalized spacial score (nSPS) is 23.7. The maximum absolute atomic E-state index is 12.8. The van der Waals surface area contributed by atoms with E-state index in [2.05, 4.69) is 71.0 Å². The summed E-state index contributed by atoms with van der Waals surface area (Å²) >= 11 is 0. The number of aryl methyl sites for hydroxylation is 1. The van der Waals surface area contributed by atoms with Crippen LogP contribution in [0.5, 0.6) is 0 Å². The molecule has 5 heteroatoms. The number of amides is 2. The molecule has 170 valence electrons.